The normalized spacial score (nSPS) is 37.7. The summed E-state index contributed by atoms with van der Waals surface area (Å²) in [6.45, 7) is 8.87. The second kappa shape index (κ2) is 8.89. The molecule has 40 heavy (non-hydrogen) atoms. The molecule has 1 aliphatic heterocycles. The van der Waals surface area contributed by atoms with Crippen LogP contribution in [0.1, 0.15) is 76.3 Å². The maximum atomic E-state index is 14.7. The molecule has 1 heterocycles. The van der Waals surface area contributed by atoms with Gasteiger partial charge in [0.15, 0.2) is 11.4 Å². The zero-order chi connectivity index (χ0) is 27.9. The number of aliphatic imine (C=N–C) groups is 1. The summed E-state index contributed by atoms with van der Waals surface area (Å²) in [5.41, 5.74) is 4.25. The second-order valence-electron chi connectivity index (χ2n) is 13.6. The number of hydrogen-bond acceptors (Lipinski definition) is 4. The first-order chi connectivity index (χ1) is 19.1. The van der Waals surface area contributed by atoms with E-state index in [0.717, 1.165) is 61.9 Å². The van der Waals surface area contributed by atoms with Gasteiger partial charge < -0.3 is 4.74 Å². The van der Waals surface area contributed by atoms with Gasteiger partial charge in [0.2, 0.25) is 0 Å². The summed E-state index contributed by atoms with van der Waals surface area (Å²) in [6, 6.07) is 16.6. The molecule has 2 aromatic rings. The summed E-state index contributed by atoms with van der Waals surface area (Å²) in [6.07, 6.45) is 9.48. The summed E-state index contributed by atoms with van der Waals surface area (Å²) in [7, 11) is 0. The maximum Gasteiger partial charge on any atom is 0.305 e. The van der Waals surface area contributed by atoms with Gasteiger partial charge in [-0.15, -0.1) is 0 Å². The molecule has 6 atom stereocenters. The van der Waals surface area contributed by atoms with Crippen molar-refractivity contribution in [1.29, 1.82) is 0 Å². The molecular weight excluding hydrogens is 496 g/mol. The number of anilines is 1. The van der Waals surface area contributed by atoms with Crippen LogP contribution in [0, 0.1) is 42.4 Å². The summed E-state index contributed by atoms with van der Waals surface area (Å²) in [5.74, 6) is 1.88. The highest BCUT2D eigenvalue weighted by Crippen LogP contribution is 2.69. The minimum absolute atomic E-state index is 0.0385. The Morgan fingerprint density at radius 2 is 1.50 bits per heavy atom. The quantitative estimate of drug-likeness (QED) is 0.397. The van der Waals surface area contributed by atoms with Crippen molar-refractivity contribution >= 4 is 29.1 Å². The predicted molar refractivity (Wildman–Crippen MR) is 157 cm³/mol. The van der Waals surface area contributed by atoms with Crippen LogP contribution in [0.2, 0.25) is 0 Å². The monoisotopic (exact) mass is 536 g/mol. The van der Waals surface area contributed by atoms with E-state index in [2.05, 4.69) is 27.7 Å². The van der Waals surface area contributed by atoms with E-state index in [4.69, 9.17) is 9.73 Å². The van der Waals surface area contributed by atoms with Crippen LogP contribution in [0.4, 0.5) is 11.4 Å². The molecule has 5 nitrogen and oxygen atoms in total. The van der Waals surface area contributed by atoms with Gasteiger partial charge in [-0.25, -0.2) is 4.90 Å². The number of amides is 1. The predicted octanol–water partition coefficient (Wildman–Crippen LogP) is 7.63. The van der Waals surface area contributed by atoms with Gasteiger partial charge >= 0.3 is 6.02 Å². The summed E-state index contributed by atoms with van der Waals surface area (Å²) in [4.78, 5) is 33.6. The lowest BCUT2D eigenvalue weighted by atomic mass is 9.46. The molecule has 3 saturated carbocycles. The molecule has 2 aromatic carbocycles. The molecule has 0 radical (unpaired) electrons. The zero-order valence-electron chi connectivity index (χ0n) is 24.2. The summed E-state index contributed by atoms with van der Waals surface area (Å²) in [5, 5.41) is 0. The third-order valence-electron chi connectivity index (χ3n) is 11.6. The number of ether oxygens (including phenoxy) is 1. The minimum Gasteiger partial charge on any atom is -0.447 e. The number of nitrogens with zero attached hydrogens (tertiary/aromatic N) is 2. The first kappa shape index (κ1) is 25.7. The van der Waals surface area contributed by atoms with E-state index in [1.807, 2.05) is 54.6 Å². The van der Waals surface area contributed by atoms with Gasteiger partial charge in [0.05, 0.1) is 11.4 Å². The summed E-state index contributed by atoms with van der Waals surface area (Å²) < 4.78 is 6.92. The molecular formula is C35H40N2O3. The zero-order valence-corrected chi connectivity index (χ0v) is 24.2. The maximum absolute atomic E-state index is 14.7. The number of carbonyl (C=O) groups excluding carboxylic acids is 2. The lowest BCUT2D eigenvalue weighted by Gasteiger charge is -2.58. The van der Waals surface area contributed by atoms with Crippen LogP contribution in [0.25, 0.3) is 0 Å². The molecule has 208 valence electrons. The average molecular weight is 537 g/mol. The van der Waals surface area contributed by atoms with Crippen LogP contribution in [0.15, 0.2) is 65.2 Å². The fraction of sp³-hybridized carbons (Fsp3) is 0.514. The van der Waals surface area contributed by atoms with Gasteiger partial charge in [-0.2, -0.15) is 4.99 Å². The second-order valence-corrected chi connectivity index (χ2v) is 13.6. The van der Waals surface area contributed by atoms with Gasteiger partial charge in [-0.1, -0.05) is 54.8 Å². The lowest BCUT2D eigenvalue weighted by molar-refractivity contribution is -0.150. The van der Waals surface area contributed by atoms with Gasteiger partial charge in [-0.3, -0.25) is 9.59 Å². The highest BCUT2D eigenvalue weighted by molar-refractivity contribution is 6.22. The SMILES string of the molecule is Cc1ccc(N=C2O[C@@]3(CC[C@H]4[C@@H]5CCC6=CC(=O)CC[C@]6(C)[C@H]5CC[C@@]43C)C(=O)N2c2ccc(C)cc2)cc1. The Balaban J connectivity index is 1.28. The van der Waals surface area contributed by atoms with Crippen molar-refractivity contribution in [2.45, 2.75) is 84.7 Å². The molecule has 0 bridgehead atoms. The number of allylic oxidation sites excluding steroid dienone is 1. The average Bonchev–Trinajstić information content (AvgIpc) is 3.39. The van der Waals surface area contributed by atoms with Crippen molar-refractivity contribution in [3.05, 3.63) is 71.3 Å². The molecule has 4 fully saturated rings. The Morgan fingerprint density at radius 3 is 2.23 bits per heavy atom. The Kier molecular flexibility index (Phi) is 5.72. The van der Waals surface area contributed by atoms with Crippen LogP contribution in [-0.2, 0) is 14.3 Å². The fourth-order valence-corrected chi connectivity index (χ4v) is 9.31. The Labute approximate surface area is 237 Å². The number of rotatable bonds is 2. The van der Waals surface area contributed by atoms with Crippen molar-refractivity contribution in [3.8, 4) is 0 Å². The van der Waals surface area contributed by atoms with Crippen LogP contribution in [-0.4, -0.2) is 23.3 Å². The molecule has 0 N–H and O–H groups in total. The van der Waals surface area contributed by atoms with Crippen molar-refractivity contribution < 1.29 is 14.3 Å². The van der Waals surface area contributed by atoms with Gasteiger partial charge in [0.25, 0.3) is 5.91 Å². The first-order valence-electron chi connectivity index (χ1n) is 15.1. The van der Waals surface area contributed by atoms with Crippen LogP contribution in [0.3, 0.4) is 0 Å². The molecule has 5 aliphatic rings. The first-order valence-corrected chi connectivity index (χ1v) is 15.1. The standard InChI is InChI=1S/C35H40N2O3/c1-22-5-10-25(11-6-22)36-32-37(26-12-7-23(2)8-13-26)31(39)35(40-32)20-17-30-28-14-9-24-21-27(38)15-18-33(24,3)29(28)16-19-34(30,35)4/h5-8,10-13,21,28-30H,9,14-20H2,1-4H3/t28-,29+,30+,33+,34+,35+/m1/s1. The van der Waals surface area contributed by atoms with E-state index in [9.17, 15) is 9.59 Å². The van der Waals surface area contributed by atoms with Crippen molar-refractivity contribution in [2.24, 2.45) is 33.6 Å². The number of benzene rings is 2. The molecule has 7 rings (SSSR count). The van der Waals surface area contributed by atoms with E-state index < -0.39 is 5.60 Å². The van der Waals surface area contributed by atoms with E-state index in [1.165, 1.54) is 11.1 Å². The third kappa shape index (κ3) is 3.55. The molecule has 1 saturated heterocycles. The van der Waals surface area contributed by atoms with Gasteiger partial charge in [-0.05, 0) is 112 Å². The topological polar surface area (TPSA) is 59.0 Å². The van der Waals surface area contributed by atoms with E-state index in [0.29, 0.717) is 36.0 Å². The Hall–Kier alpha value is -3.21. The number of fused-ring (bicyclic) bond motifs is 6. The number of hydrogen-bond donors (Lipinski definition) is 0. The number of ketones is 1. The molecule has 0 aromatic heterocycles. The third-order valence-corrected chi connectivity index (χ3v) is 11.6. The highest BCUT2D eigenvalue weighted by atomic mass is 16.6. The molecule has 4 aliphatic carbocycles. The lowest BCUT2D eigenvalue weighted by Crippen LogP contribution is -2.57. The summed E-state index contributed by atoms with van der Waals surface area (Å²) >= 11 is 0. The number of amidine groups is 1. The van der Waals surface area contributed by atoms with Crippen LogP contribution >= 0.6 is 0 Å². The molecule has 1 spiro atoms. The Bertz CT molecular complexity index is 1440. The number of aryl methyl sites for hydroxylation is 2. The molecule has 5 heteroatoms. The van der Waals surface area contributed by atoms with Crippen molar-refractivity contribution in [3.63, 3.8) is 0 Å². The minimum atomic E-state index is -0.906. The smallest absolute Gasteiger partial charge is 0.305 e. The van der Waals surface area contributed by atoms with Crippen molar-refractivity contribution in [1.82, 2.24) is 0 Å². The van der Waals surface area contributed by atoms with Gasteiger partial charge in [0.1, 0.15) is 0 Å². The highest BCUT2D eigenvalue weighted by Gasteiger charge is 2.72. The number of carbonyl (C=O) groups is 2. The fourth-order valence-electron chi connectivity index (χ4n) is 9.31. The van der Waals surface area contributed by atoms with E-state index in [-0.39, 0.29) is 16.7 Å². The van der Waals surface area contributed by atoms with Gasteiger partial charge in [0, 0.05) is 11.8 Å². The van der Waals surface area contributed by atoms with E-state index >= 15 is 0 Å². The molecule has 0 unspecified atom stereocenters. The van der Waals surface area contributed by atoms with Crippen LogP contribution in [0.5, 0.6) is 0 Å². The molecule has 1 amide bonds. The Morgan fingerprint density at radius 1 is 0.825 bits per heavy atom. The van der Waals surface area contributed by atoms with Crippen LogP contribution < -0.4 is 4.90 Å². The van der Waals surface area contributed by atoms with E-state index in [1.54, 1.807) is 4.90 Å². The largest absolute Gasteiger partial charge is 0.447 e. The van der Waals surface area contributed by atoms with Crippen molar-refractivity contribution in [2.75, 3.05) is 4.90 Å².